The Kier molecular flexibility index (Phi) is 4.38. The van der Waals surface area contributed by atoms with Crippen LogP contribution < -0.4 is 16.4 Å². The van der Waals surface area contributed by atoms with Crippen molar-refractivity contribution in [1.29, 1.82) is 0 Å². The summed E-state index contributed by atoms with van der Waals surface area (Å²) >= 11 is 1.15. The van der Waals surface area contributed by atoms with Crippen LogP contribution in [0.25, 0.3) is 0 Å². The lowest BCUT2D eigenvalue weighted by molar-refractivity contribution is -0.124. The molecule has 3 atom stereocenters. The Balaban J connectivity index is 1.67. The number of primary amides is 1. The summed E-state index contributed by atoms with van der Waals surface area (Å²) in [4.78, 5) is 34.2. The maximum absolute atomic E-state index is 11.9. The largest absolute Gasteiger partial charge is 0.351 e. The van der Waals surface area contributed by atoms with E-state index >= 15 is 0 Å². The number of thioether (sulfide) groups is 1. The highest BCUT2D eigenvalue weighted by atomic mass is 32.2. The fourth-order valence-corrected chi connectivity index (χ4v) is 5.05. The number of rotatable bonds is 3. The molecule has 136 valence electrons. The molecule has 0 unspecified atom stereocenters. The van der Waals surface area contributed by atoms with E-state index in [0.29, 0.717) is 11.1 Å². The van der Waals surface area contributed by atoms with Crippen molar-refractivity contribution in [2.45, 2.75) is 51.7 Å². The topological polar surface area (TPSA) is 126 Å². The average Bonchev–Trinajstić information content (AvgIpc) is 3.01. The Bertz CT molecular complexity index is 702. The second-order valence-corrected chi connectivity index (χ2v) is 8.85. The molecule has 0 spiro atoms. The van der Waals surface area contributed by atoms with Crippen LogP contribution in [-0.4, -0.2) is 34.0 Å². The first-order chi connectivity index (χ1) is 11.6. The molecule has 4 amide bonds. The van der Waals surface area contributed by atoms with E-state index in [0.717, 1.165) is 30.3 Å². The molecule has 3 rings (SSSR count). The minimum Gasteiger partial charge on any atom is -0.351 e. The van der Waals surface area contributed by atoms with E-state index in [1.54, 1.807) is 0 Å². The Morgan fingerprint density at radius 3 is 2.64 bits per heavy atom. The Morgan fingerprint density at radius 1 is 1.36 bits per heavy atom. The quantitative estimate of drug-likeness (QED) is 0.653. The molecule has 2 saturated carbocycles. The number of amidine groups is 1. The molecule has 1 saturated heterocycles. The Labute approximate surface area is 150 Å². The number of hydrogen-bond acceptors (Lipinski definition) is 6. The first kappa shape index (κ1) is 17.9. The van der Waals surface area contributed by atoms with Gasteiger partial charge in [0.05, 0.1) is 0 Å². The van der Waals surface area contributed by atoms with Gasteiger partial charge >= 0.3 is 6.03 Å². The van der Waals surface area contributed by atoms with E-state index in [9.17, 15) is 14.4 Å². The van der Waals surface area contributed by atoms with E-state index in [1.807, 2.05) is 5.32 Å². The normalized spacial score (nSPS) is 36.0. The van der Waals surface area contributed by atoms with E-state index in [4.69, 9.17) is 5.73 Å². The van der Waals surface area contributed by atoms with E-state index < -0.39 is 17.2 Å². The van der Waals surface area contributed by atoms with Crippen molar-refractivity contribution >= 4 is 40.5 Å². The molecule has 0 aromatic heterocycles. The van der Waals surface area contributed by atoms with Gasteiger partial charge in [0.15, 0.2) is 5.17 Å². The molecular formula is C16H23N5O3S. The zero-order chi connectivity index (χ0) is 18.4. The van der Waals surface area contributed by atoms with Crippen LogP contribution in [0.5, 0.6) is 0 Å². The lowest BCUT2D eigenvalue weighted by Crippen LogP contribution is -2.37. The molecule has 3 fully saturated rings. The van der Waals surface area contributed by atoms with Gasteiger partial charge in [-0.3, -0.25) is 14.9 Å². The SMILES string of the molecule is CC1(C)[C@H]2CC[C@@]1(C)/C(=N\N=C1\NC(=O)[C@H](CC(=O)NC(N)=O)S1)C2. The predicted octanol–water partition coefficient (Wildman–Crippen LogP) is 1.36. The molecule has 3 aliphatic rings. The molecule has 0 aromatic rings. The summed E-state index contributed by atoms with van der Waals surface area (Å²) in [6, 6.07) is -0.930. The van der Waals surface area contributed by atoms with Crippen LogP contribution in [0.3, 0.4) is 0 Å². The van der Waals surface area contributed by atoms with Crippen molar-refractivity contribution in [3.05, 3.63) is 0 Å². The molecule has 9 heteroatoms. The monoisotopic (exact) mass is 365 g/mol. The third-order valence-corrected chi connectivity index (χ3v) is 7.26. The zero-order valence-electron chi connectivity index (χ0n) is 14.6. The van der Waals surface area contributed by atoms with Crippen molar-refractivity contribution in [2.24, 2.45) is 32.7 Å². The zero-order valence-corrected chi connectivity index (χ0v) is 15.4. The molecule has 2 bridgehead atoms. The second kappa shape index (κ2) is 6.12. The van der Waals surface area contributed by atoms with Crippen molar-refractivity contribution in [3.63, 3.8) is 0 Å². The molecule has 2 aliphatic carbocycles. The fourth-order valence-electron chi connectivity index (χ4n) is 4.13. The summed E-state index contributed by atoms with van der Waals surface area (Å²) < 4.78 is 0. The number of hydrogen-bond donors (Lipinski definition) is 3. The van der Waals surface area contributed by atoms with Gasteiger partial charge in [-0.15, -0.1) is 5.10 Å². The fraction of sp³-hybridized carbons (Fsp3) is 0.688. The molecular weight excluding hydrogens is 342 g/mol. The predicted molar refractivity (Wildman–Crippen MR) is 96.0 cm³/mol. The summed E-state index contributed by atoms with van der Waals surface area (Å²) in [5.74, 6) is -0.273. The van der Waals surface area contributed by atoms with Gasteiger partial charge in [0.25, 0.3) is 0 Å². The molecule has 0 aromatic carbocycles. The standard InChI is InChI=1S/C16H23N5O3S/c1-15(2)8-4-5-16(15,3)10(6-8)20-21-14-19-12(23)9(25-14)7-11(22)18-13(17)24/h8-9H,4-7H2,1-3H3,(H,19,21,23)(H3,17,18,22,24)/b20-10-/t8-,9-,16-/m0/s1. The summed E-state index contributed by atoms with van der Waals surface area (Å²) in [7, 11) is 0. The summed E-state index contributed by atoms with van der Waals surface area (Å²) in [5, 5.41) is 13.0. The molecule has 4 N–H and O–H groups in total. The van der Waals surface area contributed by atoms with Crippen molar-refractivity contribution in [2.75, 3.05) is 0 Å². The first-order valence-corrected chi connectivity index (χ1v) is 9.23. The van der Waals surface area contributed by atoms with Gasteiger partial charge < -0.3 is 11.1 Å². The number of nitrogens with two attached hydrogens (primary N) is 1. The molecule has 1 heterocycles. The highest BCUT2D eigenvalue weighted by Crippen LogP contribution is 2.64. The van der Waals surface area contributed by atoms with Crippen LogP contribution in [0.2, 0.25) is 0 Å². The Hall–Kier alpha value is -1.90. The molecule has 8 nitrogen and oxygen atoms in total. The molecule has 1 aliphatic heterocycles. The summed E-state index contributed by atoms with van der Waals surface area (Å²) in [6.07, 6.45) is 3.15. The minimum atomic E-state index is -0.930. The Morgan fingerprint density at radius 2 is 2.08 bits per heavy atom. The van der Waals surface area contributed by atoms with Gasteiger partial charge in [0, 0.05) is 17.5 Å². The highest BCUT2D eigenvalue weighted by molar-refractivity contribution is 8.15. The summed E-state index contributed by atoms with van der Waals surface area (Å²) in [5.41, 5.74) is 6.25. The van der Waals surface area contributed by atoms with Crippen molar-refractivity contribution in [1.82, 2.24) is 10.6 Å². The van der Waals surface area contributed by atoms with Crippen LogP contribution >= 0.6 is 11.8 Å². The number of amides is 4. The van der Waals surface area contributed by atoms with E-state index in [2.05, 4.69) is 36.3 Å². The van der Waals surface area contributed by atoms with Crippen LogP contribution in [0.15, 0.2) is 10.2 Å². The lowest BCUT2D eigenvalue weighted by Gasteiger charge is -2.34. The minimum absolute atomic E-state index is 0.0514. The van der Waals surface area contributed by atoms with E-state index in [1.165, 1.54) is 6.42 Å². The first-order valence-electron chi connectivity index (χ1n) is 8.35. The van der Waals surface area contributed by atoms with Gasteiger partial charge in [0.2, 0.25) is 11.8 Å². The second-order valence-electron chi connectivity index (χ2n) is 7.66. The van der Waals surface area contributed by atoms with Crippen LogP contribution in [-0.2, 0) is 9.59 Å². The third-order valence-electron chi connectivity index (χ3n) is 6.18. The number of urea groups is 1. The summed E-state index contributed by atoms with van der Waals surface area (Å²) in [6.45, 7) is 6.83. The van der Waals surface area contributed by atoms with Gasteiger partial charge in [-0.1, -0.05) is 32.5 Å². The smallest absolute Gasteiger partial charge is 0.318 e. The van der Waals surface area contributed by atoms with Gasteiger partial charge in [-0.05, 0) is 30.6 Å². The maximum Gasteiger partial charge on any atom is 0.318 e. The number of nitrogens with one attached hydrogen (secondary N) is 2. The number of carbonyl (C=O) groups is 3. The van der Waals surface area contributed by atoms with Gasteiger partial charge in [-0.2, -0.15) is 5.10 Å². The number of imide groups is 1. The van der Waals surface area contributed by atoms with Crippen molar-refractivity contribution < 1.29 is 14.4 Å². The highest BCUT2D eigenvalue weighted by Gasteiger charge is 2.60. The lowest BCUT2D eigenvalue weighted by atomic mass is 9.70. The van der Waals surface area contributed by atoms with Crippen LogP contribution in [0.4, 0.5) is 4.79 Å². The van der Waals surface area contributed by atoms with Gasteiger partial charge in [0.1, 0.15) is 5.25 Å². The van der Waals surface area contributed by atoms with Crippen LogP contribution in [0.1, 0.15) is 46.5 Å². The number of fused-ring (bicyclic) bond motifs is 2. The average molecular weight is 365 g/mol. The third kappa shape index (κ3) is 3.05. The molecule has 0 radical (unpaired) electrons. The number of nitrogens with zero attached hydrogens (tertiary/aromatic N) is 2. The van der Waals surface area contributed by atoms with Gasteiger partial charge in [-0.25, -0.2) is 4.79 Å². The number of carbonyl (C=O) groups excluding carboxylic acids is 3. The maximum atomic E-state index is 11.9. The van der Waals surface area contributed by atoms with Crippen molar-refractivity contribution in [3.8, 4) is 0 Å². The van der Waals surface area contributed by atoms with Crippen LogP contribution in [0, 0.1) is 16.7 Å². The van der Waals surface area contributed by atoms with E-state index in [-0.39, 0.29) is 23.2 Å². The molecule has 25 heavy (non-hydrogen) atoms.